The highest BCUT2D eigenvalue weighted by atomic mass is 32.2. The van der Waals surface area contributed by atoms with Crippen LogP contribution in [-0.2, 0) is 24.2 Å². The van der Waals surface area contributed by atoms with Gasteiger partial charge in [0.1, 0.15) is 6.04 Å². The Bertz CT molecular complexity index is 1220. The van der Waals surface area contributed by atoms with E-state index in [-0.39, 0.29) is 25.3 Å². The number of piperidine rings is 1. The number of hydrogen-bond acceptors (Lipinski definition) is 6. The predicted octanol–water partition coefficient (Wildman–Crippen LogP) is 2.68. The van der Waals surface area contributed by atoms with Crippen molar-refractivity contribution in [3.05, 3.63) is 41.1 Å². The maximum absolute atomic E-state index is 14.7. The lowest BCUT2D eigenvalue weighted by molar-refractivity contribution is -0.159. The molecule has 0 spiro atoms. The Morgan fingerprint density at radius 3 is 2.59 bits per heavy atom. The van der Waals surface area contributed by atoms with E-state index < -0.39 is 69.6 Å². The van der Waals surface area contributed by atoms with Gasteiger partial charge >= 0.3 is 0 Å². The van der Waals surface area contributed by atoms with E-state index in [2.05, 4.69) is 16.0 Å². The van der Waals surface area contributed by atoms with Gasteiger partial charge in [0.05, 0.1) is 12.6 Å². The quantitative estimate of drug-likeness (QED) is 0.396. The lowest BCUT2D eigenvalue weighted by Crippen LogP contribution is -2.62. The van der Waals surface area contributed by atoms with Crippen LogP contribution >= 0.6 is 0 Å². The van der Waals surface area contributed by atoms with E-state index in [0.29, 0.717) is 31.0 Å². The summed E-state index contributed by atoms with van der Waals surface area (Å²) in [4.78, 5) is 39.9. The number of benzene rings is 1. The molecule has 3 rings (SSSR count). The van der Waals surface area contributed by atoms with Crippen molar-refractivity contribution in [1.29, 1.82) is 0 Å². The van der Waals surface area contributed by atoms with Gasteiger partial charge in [-0.3, -0.25) is 14.4 Å². The summed E-state index contributed by atoms with van der Waals surface area (Å²) in [6, 6.07) is 3.44. The first kappa shape index (κ1) is 30.5. The number of nitrogens with one attached hydrogen (secondary N) is 3. The monoisotopic (exact) mass is 572 g/mol. The average molecular weight is 573 g/mol. The normalized spacial score (nSPS) is 24.2. The molecule has 13 heteroatoms. The Labute approximate surface area is 226 Å². The van der Waals surface area contributed by atoms with Gasteiger partial charge in [-0.2, -0.15) is 4.39 Å². The van der Waals surface area contributed by atoms with Gasteiger partial charge in [0.25, 0.3) is 5.92 Å². The van der Waals surface area contributed by atoms with E-state index in [0.717, 1.165) is 10.5 Å². The molecule has 3 N–H and O–H groups in total. The highest BCUT2D eigenvalue weighted by molar-refractivity contribution is 7.94. The second-order valence-electron chi connectivity index (χ2n) is 10.2. The number of halogens is 3. The third kappa shape index (κ3) is 8.20. The van der Waals surface area contributed by atoms with Gasteiger partial charge in [-0.15, -0.1) is 0 Å². The van der Waals surface area contributed by atoms with E-state index in [1.54, 1.807) is 19.1 Å². The third-order valence-electron chi connectivity index (χ3n) is 6.99. The first-order chi connectivity index (χ1) is 18.2. The molecule has 3 amide bonds. The number of carbonyl (C=O) groups is 3. The smallest absolute Gasteiger partial charge is 0.252 e. The molecule has 216 valence electrons. The number of sulfone groups is 1. The number of carbonyl (C=O) groups excluding carboxylic acids is 3. The molecule has 0 aliphatic carbocycles. The molecule has 2 aliphatic rings. The van der Waals surface area contributed by atoms with Crippen molar-refractivity contribution >= 4 is 33.2 Å². The zero-order valence-corrected chi connectivity index (χ0v) is 23.0. The number of rotatable bonds is 10. The van der Waals surface area contributed by atoms with E-state index in [1.165, 1.54) is 0 Å². The summed E-state index contributed by atoms with van der Waals surface area (Å²) in [6.45, 7) is 3.64. The van der Waals surface area contributed by atoms with Crippen LogP contribution in [0.3, 0.4) is 0 Å². The van der Waals surface area contributed by atoms with Crippen LogP contribution in [0, 0.1) is 12.8 Å². The Balaban J connectivity index is 1.86. The zero-order chi connectivity index (χ0) is 29.0. The summed E-state index contributed by atoms with van der Waals surface area (Å²) in [5, 5.41) is 6.50. The van der Waals surface area contributed by atoms with Gasteiger partial charge in [0.2, 0.25) is 32.7 Å². The maximum Gasteiger partial charge on any atom is 0.252 e. The number of hydrogen-bond donors (Lipinski definition) is 3. The molecular formula is C26H35F3N4O5S. The number of likely N-dealkylation sites (tertiary alicyclic amines) is 1. The number of nitrogens with zero attached hydrogens (tertiary/aromatic N) is 1. The summed E-state index contributed by atoms with van der Waals surface area (Å²) >= 11 is 0. The molecule has 0 bridgehead atoms. The minimum absolute atomic E-state index is 0.135. The Morgan fingerprint density at radius 2 is 2.00 bits per heavy atom. The van der Waals surface area contributed by atoms with Crippen LogP contribution in [0.2, 0.25) is 0 Å². The largest absolute Gasteiger partial charge is 0.376 e. The Morgan fingerprint density at radius 1 is 1.28 bits per heavy atom. The molecule has 1 aromatic rings. The van der Waals surface area contributed by atoms with Crippen molar-refractivity contribution in [2.24, 2.45) is 5.92 Å². The minimum atomic E-state index is -4.25. The fourth-order valence-electron chi connectivity index (χ4n) is 5.03. The lowest BCUT2D eigenvalue weighted by atomic mass is 9.89. The average Bonchev–Trinajstić information content (AvgIpc) is 3.24. The fourth-order valence-corrected chi connectivity index (χ4v) is 5.44. The summed E-state index contributed by atoms with van der Waals surface area (Å²) in [6.07, 6.45) is 0.178. The highest BCUT2D eigenvalue weighted by Gasteiger charge is 2.49. The van der Waals surface area contributed by atoms with Gasteiger partial charge in [0.15, 0.2) is 0 Å². The van der Waals surface area contributed by atoms with Crippen molar-refractivity contribution in [3.63, 3.8) is 0 Å². The molecule has 39 heavy (non-hydrogen) atoms. The number of alkyl halides is 2. The van der Waals surface area contributed by atoms with Gasteiger partial charge < -0.3 is 20.9 Å². The standard InChI is InChI=1S/C26H35F3N4O5S/c1-4-20-13-26(28,29)14-21(33(20)23(34)15-31-18-7-5-6-16(2)10-18)25(36)32-19(12-22(27)39(3,37)38)11-17-8-9-30-24(17)35/h5-7,10,12,17,19-21,31H,4,8-9,11,13-15H2,1-3H3,(H,30,35)(H,32,36)/b22-12+/t17-,19-,20-,21-/m0/s1. The summed E-state index contributed by atoms with van der Waals surface area (Å²) in [5.74, 6) is -5.75. The predicted molar refractivity (Wildman–Crippen MR) is 140 cm³/mol. The van der Waals surface area contributed by atoms with Crippen LogP contribution in [0.25, 0.3) is 0 Å². The van der Waals surface area contributed by atoms with Gasteiger partial charge in [-0.25, -0.2) is 17.2 Å². The zero-order valence-electron chi connectivity index (χ0n) is 22.2. The van der Waals surface area contributed by atoms with Crippen LogP contribution in [-0.4, -0.2) is 74.4 Å². The van der Waals surface area contributed by atoms with E-state index in [1.807, 2.05) is 19.1 Å². The van der Waals surface area contributed by atoms with Crippen LogP contribution in [0.15, 0.2) is 35.5 Å². The van der Waals surface area contributed by atoms with E-state index >= 15 is 0 Å². The van der Waals surface area contributed by atoms with Crippen molar-refractivity contribution in [3.8, 4) is 0 Å². The fraction of sp³-hybridized carbons (Fsp3) is 0.577. The summed E-state index contributed by atoms with van der Waals surface area (Å²) in [5.41, 5.74) is 1.60. The Hall–Kier alpha value is -3.09. The molecule has 0 saturated carbocycles. The Kier molecular flexibility index (Phi) is 9.68. The topological polar surface area (TPSA) is 125 Å². The first-order valence-corrected chi connectivity index (χ1v) is 14.7. The molecule has 2 saturated heterocycles. The van der Waals surface area contributed by atoms with Crippen molar-refractivity contribution in [1.82, 2.24) is 15.5 Å². The van der Waals surface area contributed by atoms with Crippen LogP contribution in [0.5, 0.6) is 0 Å². The molecule has 0 aromatic heterocycles. The van der Waals surface area contributed by atoms with E-state index in [9.17, 15) is 36.0 Å². The van der Waals surface area contributed by atoms with Crippen molar-refractivity contribution in [2.75, 3.05) is 24.7 Å². The van der Waals surface area contributed by atoms with Crippen LogP contribution < -0.4 is 16.0 Å². The molecule has 0 radical (unpaired) electrons. The second kappa shape index (κ2) is 12.4. The molecule has 2 aliphatic heterocycles. The van der Waals surface area contributed by atoms with Crippen molar-refractivity contribution < 1.29 is 36.0 Å². The van der Waals surface area contributed by atoms with E-state index in [4.69, 9.17) is 0 Å². The first-order valence-electron chi connectivity index (χ1n) is 12.8. The van der Waals surface area contributed by atoms with Crippen molar-refractivity contribution in [2.45, 2.75) is 70.0 Å². The molecule has 4 atom stereocenters. The lowest BCUT2D eigenvalue weighted by Gasteiger charge is -2.44. The molecule has 2 fully saturated rings. The molecule has 2 heterocycles. The van der Waals surface area contributed by atoms with Crippen LogP contribution in [0.4, 0.5) is 18.9 Å². The molecule has 1 aromatic carbocycles. The van der Waals surface area contributed by atoms with Crippen LogP contribution in [0.1, 0.15) is 44.6 Å². The second-order valence-corrected chi connectivity index (χ2v) is 12.2. The number of anilines is 1. The SMILES string of the molecule is CC[C@H]1CC(F)(F)C[C@@H](C(=O)N[C@H](/C=C(\F)S(C)(=O)=O)C[C@@H]2CCNC2=O)N1C(=O)CNc1cccc(C)c1. The summed E-state index contributed by atoms with van der Waals surface area (Å²) < 4.78 is 67.2. The molecular weight excluding hydrogens is 537 g/mol. The van der Waals surface area contributed by atoms with Gasteiger partial charge in [-0.1, -0.05) is 19.1 Å². The summed E-state index contributed by atoms with van der Waals surface area (Å²) in [7, 11) is -4.25. The number of aryl methyl sites for hydroxylation is 1. The molecule has 0 unspecified atom stereocenters. The number of amides is 3. The minimum Gasteiger partial charge on any atom is -0.376 e. The maximum atomic E-state index is 14.7. The highest BCUT2D eigenvalue weighted by Crippen LogP contribution is 2.37. The molecule has 9 nitrogen and oxygen atoms in total. The van der Waals surface area contributed by atoms with Gasteiger partial charge in [-0.05, 0) is 50.0 Å². The van der Waals surface area contributed by atoms with Gasteiger partial charge in [0, 0.05) is 43.3 Å². The third-order valence-corrected chi connectivity index (χ3v) is 7.84.